The van der Waals surface area contributed by atoms with Crippen molar-refractivity contribution in [1.29, 1.82) is 0 Å². The third-order valence-corrected chi connectivity index (χ3v) is 3.60. The molecule has 0 aliphatic carbocycles. The van der Waals surface area contributed by atoms with Gasteiger partial charge in [0.25, 0.3) is 0 Å². The first-order chi connectivity index (χ1) is 7.25. The summed E-state index contributed by atoms with van der Waals surface area (Å²) < 4.78 is 6.04. The largest absolute Gasteiger partial charge is 0.469 e. The van der Waals surface area contributed by atoms with Crippen molar-refractivity contribution in [3.63, 3.8) is 0 Å². The third kappa shape index (κ3) is 2.84. The standard InChI is InChI=1S/C11H12ClNOS/c12-11-6-5-10(15-11)9(13)4-3-8-2-1-7-14-8/h1-2,5-7,9H,3-4,13H2. The first-order valence-corrected chi connectivity index (χ1v) is 5.98. The molecule has 0 aromatic carbocycles. The first-order valence-electron chi connectivity index (χ1n) is 4.79. The fraction of sp³-hybridized carbons (Fsp3) is 0.273. The van der Waals surface area contributed by atoms with Crippen LogP contribution in [-0.2, 0) is 6.42 Å². The zero-order valence-corrected chi connectivity index (χ0v) is 9.72. The summed E-state index contributed by atoms with van der Waals surface area (Å²) in [5.74, 6) is 0.980. The Hall–Kier alpha value is -0.770. The van der Waals surface area contributed by atoms with Crippen molar-refractivity contribution in [2.75, 3.05) is 0 Å². The van der Waals surface area contributed by atoms with E-state index >= 15 is 0 Å². The molecule has 1 unspecified atom stereocenters. The highest BCUT2D eigenvalue weighted by atomic mass is 35.5. The van der Waals surface area contributed by atoms with Gasteiger partial charge in [-0.25, -0.2) is 0 Å². The molecule has 2 N–H and O–H groups in total. The Labute approximate surface area is 97.7 Å². The van der Waals surface area contributed by atoms with E-state index in [2.05, 4.69) is 0 Å². The molecule has 0 amide bonds. The van der Waals surface area contributed by atoms with E-state index in [9.17, 15) is 0 Å². The van der Waals surface area contributed by atoms with Crippen molar-refractivity contribution in [2.45, 2.75) is 18.9 Å². The quantitative estimate of drug-likeness (QED) is 0.888. The SMILES string of the molecule is NC(CCc1ccco1)c1ccc(Cl)s1. The van der Waals surface area contributed by atoms with Gasteiger partial charge in [-0.15, -0.1) is 11.3 Å². The van der Waals surface area contributed by atoms with Gasteiger partial charge in [0, 0.05) is 17.3 Å². The minimum absolute atomic E-state index is 0.0487. The van der Waals surface area contributed by atoms with Gasteiger partial charge < -0.3 is 10.2 Å². The normalized spacial score (nSPS) is 12.9. The van der Waals surface area contributed by atoms with Crippen LogP contribution >= 0.6 is 22.9 Å². The molecule has 0 saturated heterocycles. The predicted molar refractivity (Wildman–Crippen MR) is 63.3 cm³/mol. The summed E-state index contributed by atoms with van der Waals surface area (Å²) in [5.41, 5.74) is 6.04. The number of hydrogen-bond acceptors (Lipinski definition) is 3. The summed E-state index contributed by atoms with van der Waals surface area (Å²) >= 11 is 7.39. The summed E-state index contributed by atoms with van der Waals surface area (Å²) in [7, 11) is 0. The van der Waals surface area contributed by atoms with Crippen LogP contribution in [0.3, 0.4) is 0 Å². The zero-order valence-electron chi connectivity index (χ0n) is 8.15. The molecule has 0 fully saturated rings. The van der Waals surface area contributed by atoms with E-state index in [4.69, 9.17) is 21.8 Å². The highest BCUT2D eigenvalue weighted by molar-refractivity contribution is 7.16. The van der Waals surface area contributed by atoms with Gasteiger partial charge in [0.15, 0.2) is 0 Å². The van der Waals surface area contributed by atoms with E-state index in [1.165, 1.54) is 0 Å². The van der Waals surface area contributed by atoms with Gasteiger partial charge in [0.1, 0.15) is 5.76 Å². The maximum atomic E-state index is 6.04. The fourth-order valence-corrected chi connectivity index (χ4v) is 2.52. The second-order valence-electron chi connectivity index (χ2n) is 3.37. The summed E-state index contributed by atoms with van der Waals surface area (Å²) in [6.45, 7) is 0. The molecule has 80 valence electrons. The summed E-state index contributed by atoms with van der Waals surface area (Å²) in [5, 5.41) is 0. The van der Waals surface area contributed by atoms with Gasteiger partial charge >= 0.3 is 0 Å². The average molecular weight is 242 g/mol. The van der Waals surface area contributed by atoms with Crippen LogP contribution in [0.25, 0.3) is 0 Å². The molecule has 2 nitrogen and oxygen atoms in total. The van der Waals surface area contributed by atoms with Crippen LogP contribution in [0.4, 0.5) is 0 Å². The topological polar surface area (TPSA) is 39.2 Å². The molecule has 2 heterocycles. The molecular weight excluding hydrogens is 230 g/mol. The van der Waals surface area contributed by atoms with Gasteiger partial charge in [-0.05, 0) is 30.7 Å². The molecular formula is C11H12ClNOS. The number of thiophene rings is 1. The van der Waals surface area contributed by atoms with Crippen molar-refractivity contribution < 1.29 is 4.42 Å². The van der Waals surface area contributed by atoms with Gasteiger partial charge in [0.05, 0.1) is 10.6 Å². The lowest BCUT2D eigenvalue weighted by molar-refractivity contribution is 0.489. The number of aryl methyl sites for hydroxylation is 1. The Balaban J connectivity index is 1.90. The molecule has 0 saturated carbocycles. The van der Waals surface area contributed by atoms with E-state index < -0.39 is 0 Å². The second kappa shape index (κ2) is 4.84. The lowest BCUT2D eigenvalue weighted by Crippen LogP contribution is -2.09. The Morgan fingerprint density at radius 1 is 1.40 bits per heavy atom. The average Bonchev–Trinajstić information content (AvgIpc) is 2.84. The summed E-state index contributed by atoms with van der Waals surface area (Å²) in [6, 6.07) is 7.78. The molecule has 0 spiro atoms. The maximum Gasteiger partial charge on any atom is 0.103 e. The van der Waals surface area contributed by atoms with Crippen LogP contribution in [0.15, 0.2) is 34.9 Å². The Kier molecular flexibility index (Phi) is 3.46. The third-order valence-electron chi connectivity index (χ3n) is 2.24. The van der Waals surface area contributed by atoms with Crippen LogP contribution in [-0.4, -0.2) is 0 Å². The molecule has 0 radical (unpaired) electrons. The molecule has 15 heavy (non-hydrogen) atoms. The second-order valence-corrected chi connectivity index (χ2v) is 5.11. The van der Waals surface area contributed by atoms with Crippen LogP contribution in [0.5, 0.6) is 0 Å². The highest BCUT2D eigenvalue weighted by Gasteiger charge is 2.09. The van der Waals surface area contributed by atoms with Crippen molar-refractivity contribution >= 4 is 22.9 Å². The first kappa shape index (κ1) is 10.7. The molecule has 1 atom stereocenters. The van der Waals surface area contributed by atoms with E-state index in [0.717, 1.165) is 27.8 Å². The van der Waals surface area contributed by atoms with Crippen LogP contribution in [0.1, 0.15) is 23.1 Å². The lowest BCUT2D eigenvalue weighted by atomic mass is 10.1. The lowest BCUT2D eigenvalue weighted by Gasteiger charge is -2.07. The highest BCUT2D eigenvalue weighted by Crippen LogP contribution is 2.27. The van der Waals surface area contributed by atoms with E-state index in [1.54, 1.807) is 17.6 Å². The Bertz CT molecular complexity index is 410. The molecule has 4 heteroatoms. The maximum absolute atomic E-state index is 6.04. The number of hydrogen-bond donors (Lipinski definition) is 1. The van der Waals surface area contributed by atoms with Crippen molar-refractivity contribution in [2.24, 2.45) is 5.73 Å². The molecule has 2 rings (SSSR count). The van der Waals surface area contributed by atoms with Crippen molar-refractivity contribution in [1.82, 2.24) is 0 Å². The molecule has 0 bridgehead atoms. The minimum Gasteiger partial charge on any atom is -0.469 e. The van der Waals surface area contributed by atoms with Gasteiger partial charge in [-0.3, -0.25) is 0 Å². The van der Waals surface area contributed by atoms with E-state index in [-0.39, 0.29) is 6.04 Å². The Morgan fingerprint density at radius 3 is 2.87 bits per heavy atom. The van der Waals surface area contributed by atoms with Crippen molar-refractivity contribution in [3.8, 4) is 0 Å². The predicted octanol–water partition coefficient (Wildman–Crippen LogP) is 3.63. The zero-order chi connectivity index (χ0) is 10.7. The number of rotatable bonds is 4. The van der Waals surface area contributed by atoms with Crippen LogP contribution < -0.4 is 5.73 Å². The van der Waals surface area contributed by atoms with Gasteiger partial charge in [0.2, 0.25) is 0 Å². The number of nitrogens with two attached hydrogens (primary N) is 1. The van der Waals surface area contributed by atoms with Crippen molar-refractivity contribution in [3.05, 3.63) is 45.5 Å². The minimum atomic E-state index is 0.0487. The molecule has 0 aliphatic heterocycles. The van der Waals surface area contributed by atoms with Gasteiger partial charge in [-0.1, -0.05) is 11.6 Å². The van der Waals surface area contributed by atoms with Crippen LogP contribution in [0, 0.1) is 0 Å². The molecule has 2 aromatic rings. The number of furan rings is 1. The fourth-order valence-electron chi connectivity index (χ4n) is 1.42. The monoisotopic (exact) mass is 241 g/mol. The Morgan fingerprint density at radius 2 is 2.27 bits per heavy atom. The van der Waals surface area contributed by atoms with E-state index in [1.807, 2.05) is 24.3 Å². The van der Waals surface area contributed by atoms with E-state index in [0.29, 0.717) is 0 Å². The summed E-state index contributed by atoms with van der Waals surface area (Å²) in [6.07, 6.45) is 3.43. The van der Waals surface area contributed by atoms with Gasteiger partial charge in [-0.2, -0.15) is 0 Å². The smallest absolute Gasteiger partial charge is 0.103 e. The van der Waals surface area contributed by atoms with Crippen LogP contribution in [0.2, 0.25) is 4.34 Å². The summed E-state index contributed by atoms with van der Waals surface area (Å²) in [4.78, 5) is 1.13. The molecule has 0 aliphatic rings. The number of halogens is 1. The molecule has 2 aromatic heterocycles.